The van der Waals surface area contributed by atoms with Crippen LogP contribution in [-0.2, 0) is 25.6 Å². The fourth-order valence-electron chi connectivity index (χ4n) is 4.61. The molecule has 0 amide bonds. The molecule has 0 saturated heterocycles. The van der Waals surface area contributed by atoms with Crippen molar-refractivity contribution < 1.29 is 27.8 Å². The van der Waals surface area contributed by atoms with Crippen molar-refractivity contribution in [3.63, 3.8) is 0 Å². The van der Waals surface area contributed by atoms with Crippen LogP contribution in [-0.4, -0.2) is 36.4 Å². The largest absolute Gasteiger partial charge is 0.463 e. The van der Waals surface area contributed by atoms with E-state index in [9.17, 15) is 9.18 Å². The van der Waals surface area contributed by atoms with Gasteiger partial charge in [0, 0.05) is 5.56 Å². The minimum atomic E-state index is -0.427. The Morgan fingerprint density at radius 3 is 2.63 bits per heavy atom. The van der Waals surface area contributed by atoms with Crippen molar-refractivity contribution in [2.24, 2.45) is 0 Å². The van der Waals surface area contributed by atoms with E-state index < -0.39 is 5.97 Å². The highest BCUT2D eigenvalue weighted by Gasteiger charge is 2.25. The molecule has 1 aliphatic carbocycles. The van der Waals surface area contributed by atoms with Gasteiger partial charge in [0.15, 0.2) is 0 Å². The van der Waals surface area contributed by atoms with Crippen LogP contribution in [0.3, 0.4) is 0 Å². The second-order valence-corrected chi connectivity index (χ2v) is 9.82. The number of hydrogen-bond donors (Lipinski definition) is 0. The van der Waals surface area contributed by atoms with E-state index in [1.807, 2.05) is 32.0 Å². The maximum Gasteiger partial charge on any atom is 0.336 e. The SMILES string of the molecule is CCOC(=O)C(=Cc1ccc(F)c(C)c1)CO[C@@H]1CCC[C@H](OCc2nc(-c3cccc(C)c3)oc2C)C1. The van der Waals surface area contributed by atoms with Crippen molar-refractivity contribution in [2.75, 3.05) is 13.2 Å². The van der Waals surface area contributed by atoms with Gasteiger partial charge in [0.25, 0.3) is 0 Å². The first-order valence-corrected chi connectivity index (χ1v) is 13.2. The molecule has 1 heterocycles. The van der Waals surface area contributed by atoms with E-state index in [0.717, 1.165) is 53.8 Å². The summed E-state index contributed by atoms with van der Waals surface area (Å²) in [7, 11) is 0. The third-order valence-electron chi connectivity index (χ3n) is 6.73. The Kier molecular flexibility index (Phi) is 9.48. The topological polar surface area (TPSA) is 70.8 Å². The minimum absolute atomic E-state index is 0.0297. The summed E-state index contributed by atoms with van der Waals surface area (Å²) in [6.07, 6.45) is 5.23. The number of oxazole rings is 1. The van der Waals surface area contributed by atoms with Crippen molar-refractivity contribution in [3.05, 3.63) is 82.0 Å². The van der Waals surface area contributed by atoms with E-state index in [-0.39, 0.29) is 31.2 Å². The van der Waals surface area contributed by atoms with Gasteiger partial charge >= 0.3 is 5.97 Å². The fraction of sp³-hybridized carbons (Fsp3) is 0.419. The van der Waals surface area contributed by atoms with Crippen LogP contribution in [0.1, 0.15) is 60.8 Å². The van der Waals surface area contributed by atoms with E-state index in [0.29, 0.717) is 23.6 Å². The predicted molar refractivity (Wildman–Crippen MR) is 144 cm³/mol. The maximum atomic E-state index is 13.7. The highest BCUT2D eigenvalue weighted by atomic mass is 19.1. The number of rotatable bonds is 10. The molecule has 38 heavy (non-hydrogen) atoms. The number of aromatic nitrogens is 1. The Morgan fingerprint density at radius 1 is 1.11 bits per heavy atom. The van der Waals surface area contributed by atoms with Gasteiger partial charge in [-0.3, -0.25) is 0 Å². The van der Waals surface area contributed by atoms with Gasteiger partial charge in [0.05, 0.1) is 37.6 Å². The molecular formula is C31H36FNO5. The number of ether oxygens (including phenoxy) is 3. The van der Waals surface area contributed by atoms with Crippen LogP contribution >= 0.6 is 0 Å². The first kappa shape index (κ1) is 27.7. The van der Waals surface area contributed by atoms with Gasteiger partial charge in [-0.1, -0.05) is 23.8 Å². The number of benzene rings is 2. The molecule has 1 aromatic heterocycles. The zero-order valence-electron chi connectivity index (χ0n) is 22.6. The molecule has 0 spiro atoms. The lowest BCUT2D eigenvalue weighted by molar-refractivity contribution is -0.139. The van der Waals surface area contributed by atoms with Crippen LogP contribution < -0.4 is 0 Å². The quantitative estimate of drug-likeness (QED) is 0.214. The monoisotopic (exact) mass is 521 g/mol. The van der Waals surface area contributed by atoms with Crippen LogP contribution in [0.4, 0.5) is 4.39 Å². The summed E-state index contributed by atoms with van der Waals surface area (Å²) >= 11 is 0. The third kappa shape index (κ3) is 7.39. The molecule has 1 saturated carbocycles. The molecule has 3 aromatic rings. The maximum absolute atomic E-state index is 13.7. The number of halogens is 1. The number of carbonyl (C=O) groups is 1. The lowest BCUT2D eigenvalue weighted by Gasteiger charge is -2.29. The molecule has 0 N–H and O–H groups in total. The number of nitrogens with zero attached hydrogens (tertiary/aromatic N) is 1. The van der Waals surface area contributed by atoms with Gasteiger partial charge in [-0.2, -0.15) is 0 Å². The van der Waals surface area contributed by atoms with Gasteiger partial charge in [-0.05, 0) is 94.8 Å². The Bertz CT molecular complexity index is 1280. The van der Waals surface area contributed by atoms with Crippen LogP contribution in [0.15, 0.2) is 52.5 Å². The first-order chi connectivity index (χ1) is 18.3. The summed E-state index contributed by atoms with van der Waals surface area (Å²) in [6, 6.07) is 12.8. The lowest BCUT2D eigenvalue weighted by atomic mass is 9.94. The van der Waals surface area contributed by atoms with Crippen molar-refractivity contribution in [2.45, 2.75) is 72.2 Å². The lowest BCUT2D eigenvalue weighted by Crippen LogP contribution is -2.29. The van der Waals surface area contributed by atoms with Crippen molar-refractivity contribution >= 4 is 12.0 Å². The van der Waals surface area contributed by atoms with Gasteiger partial charge in [0.1, 0.15) is 17.3 Å². The predicted octanol–water partition coefficient (Wildman–Crippen LogP) is 6.90. The van der Waals surface area contributed by atoms with Crippen LogP contribution in [0, 0.1) is 26.6 Å². The van der Waals surface area contributed by atoms with Crippen LogP contribution in [0.5, 0.6) is 0 Å². The summed E-state index contributed by atoms with van der Waals surface area (Å²) in [5.74, 6) is 0.648. The number of esters is 1. The highest BCUT2D eigenvalue weighted by Crippen LogP contribution is 2.27. The Morgan fingerprint density at radius 2 is 1.89 bits per heavy atom. The Hall–Kier alpha value is -3.29. The van der Waals surface area contributed by atoms with Crippen LogP contribution in [0.25, 0.3) is 17.5 Å². The number of carbonyl (C=O) groups excluding carboxylic acids is 1. The average Bonchev–Trinajstić information content (AvgIpc) is 3.28. The summed E-state index contributed by atoms with van der Waals surface area (Å²) in [5.41, 5.74) is 4.55. The molecule has 0 radical (unpaired) electrons. The van der Waals surface area contributed by atoms with Crippen LogP contribution in [0.2, 0.25) is 0 Å². The average molecular weight is 522 g/mol. The summed E-state index contributed by atoms with van der Waals surface area (Å²) in [5, 5.41) is 0. The summed E-state index contributed by atoms with van der Waals surface area (Å²) in [4.78, 5) is 17.2. The molecule has 0 unspecified atom stereocenters. The summed E-state index contributed by atoms with van der Waals surface area (Å²) in [6.45, 7) is 8.17. The molecule has 7 heteroatoms. The van der Waals surface area contributed by atoms with E-state index in [1.165, 1.54) is 6.07 Å². The number of hydrogen-bond acceptors (Lipinski definition) is 6. The normalized spacial score (nSPS) is 18.0. The zero-order chi connectivity index (χ0) is 27.1. The van der Waals surface area contributed by atoms with Crippen molar-refractivity contribution in [1.82, 2.24) is 4.98 Å². The second-order valence-electron chi connectivity index (χ2n) is 9.82. The van der Waals surface area contributed by atoms with Crippen molar-refractivity contribution in [3.8, 4) is 11.5 Å². The molecule has 202 valence electrons. The van der Waals surface area contributed by atoms with E-state index >= 15 is 0 Å². The third-order valence-corrected chi connectivity index (χ3v) is 6.73. The Balaban J connectivity index is 1.35. The molecule has 6 nitrogen and oxygen atoms in total. The summed E-state index contributed by atoms with van der Waals surface area (Å²) < 4.78 is 37.2. The standard InChI is InChI=1S/C31H36FNO5/c1-5-35-31(34)25(16-23-12-13-28(32)21(3)15-23)18-36-26-10-7-11-27(17-26)37-19-29-22(4)38-30(33-29)24-9-6-8-20(2)14-24/h6,8-9,12-16,26-27H,5,7,10-11,17-19H2,1-4H3/t26-,27+/m1/s1. The number of aryl methyl sites for hydroxylation is 3. The fourth-order valence-corrected chi connectivity index (χ4v) is 4.61. The van der Waals surface area contributed by atoms with Crippen molar-refractivity contribution in [1.29, 1.82) is 0 Å². The molecule has 1 fully saturated rings. The molecule has 2 aromatic carbocycles. The Labute approximate surface area is 223 Å². The van der Waals surface area contributed by atoms with Gasteiger partial charge in [-0.25, -0.2) is 14.2 Å². The van der Waals surface area contributed by atoms with Gasteiger partial charge in [0.2, 0.25) is 5.89 Å². The van der Waals surface area contributed by atoms with E-state index in [1.54, 1.807) is 32.1 Å². The first-order valence-electron chi connectivity index (χ1n) is 13.2. The molecule has 0 bridgehead atoms. The molecule has 2 atom stereocenters. The molecule has 4 rings (SSSR count). The zero-order valence-corrected chi connectivity index (χ0v) is 22.6. The highest BCUT2D eigenvalue weighted by molar-refractivity contribution is 5.94. The second kappa shape index (κ2) is 13.0. The minimum Gasteiger partial charge on any atom is -0.463 e. The molecule has 1 aliphatic rings. The molecule has 0 aliphatic heterocycles. The van der Waals surface area contributed by atoms with E-state index in [4.69, 9.17) is 18.6 Å². The van der Waals surface area contributed by atoms with Gasteiger partial charge in [-0.15, -0.1) is 0 Å². The molecular weight excluding hydrogens is 485 g/mol. The smallest absolute Gasteiger partial charge is 0.336 e. The van der Waals surface area contributed by atoms with E-state index in [2.05, 4.69) is 11.1 Å². The van der Waals surface area contributed by atoms with Gasteiger partial charge < -0.3 is 18.6 Å².